The van der Waals surface area contributed by atoms with Crippen molar-refractivity contribution in [1.82, 2.24) is 4.72 Å². The standard InChI is InChI=1S/C11H17ClN2O2S/c1-3-9(13)7-14-17(15,16)11-6-4-5-10(12)8(11)2/h4-6,9,14H,3,7,13H2,1-2H3. The Hall–Kier alpha value is -0.620. The van der Waals surface area contributed by atoms with E-state index in [0.717, 1.165) is 6.42 Å². The number of nitrogens with one attached hydrogen (secondary N) is 1. The minimum absolute atomic E-state index is 0.177. The number of hydrogen-bond donors (Lipinski definition) is 2. The van der Waals surface area contributed by atoms with E-state index in [9.17, 15) is 8.42 Å². The topological polar surface area (TPSA) is 72.2 Å². The molecule has 1 aromatic rings. The molecule has 0 amide bonds. The minimum Gasteiger partial charge on any atom is -0.327 e. The summed E-state index contributed by atoms with van der Waals surface area (Å²) in [5.74, 6) is 0. The van der Waals surface area contributed by atoms with E-state index in [1.165, 1.54) is 6.07 Å². The van der Waals surface area contributed by atoms with E-state index in [-0.39, 0.29) is 17.5 Å². The largest absolute Gasteiger partial charge is 0.327 e. The summed E-state index contributed by atoms with van der Waals surface area (Å²) >= 11 is 5.89. The lowest BCUT2D eigenvalue weighted by Crippen LogP contribution is -2.36. The van der Waals surface area contributed by atoms with Gasteiger partial charge in [0.25, 0.3) is 0 Å². The molecule has 0 aliphatic carbocycles. The molecular formula is C11H17ClN2O2S. The zero-order valence-corrected chi connectivity index (χ0v) is 11.5. The molecule has 0 saturated heterocycles. The summed E-state index contributed by atoms with van der Waals surface area (Å²) in [6.45, 7) is 3.81. The van der Waals surface area contributed by atoms with Gasteiger partial charge in [-0.1, -0.05) is 24.6 Å². The number of sulfonamides is 1. The third-order valence-electron chi connectivity index (χ3n) is 2.57. The summed E-state index contributed by atoms with van der Waals surface area (Å²) in [5.41, 5.74) is 6.22. The zero-order valence-electron chi connectivity index (χ0n) is 9.90. The zero-order chi connectivity index (χ0) is 13.1. The molecule has 0 aliphatic rings. The van der Waals surface area contributed by atoms with Crippen molar-refractivity contribution in [2.75, 3.05) is 6.54 Å². The number of hydrogen-bond acceptors (Lipinski definition) is 3. The fourth-order valence-electron chi connectivity index (χ4n) is 1.32. The lowest BCUT2D eigenvalue weighted by Gasteiger charge is -2.13. The Morgan fingerprint density at radius 3 is 2.71 bits per heavy atom. The molecule has 1 unspecified atom stereocenters. The van der Waals surface area contributed by atoms with E-state index in [2.05, 4.69) is 4.72 Å². The predicted octanol–water partition coefficient (Wildman–Crippen LogP) is 1.66. The number of halogens is 1. The molecule has 0 spiro atoms. The maximum Gasteiger partial charge on any atom is 0.240 e. The van der Waals surface area contributed by atoms with Crippen molar-refractivity contribution in [2.45, 2.75) is 31.2 Å². The molecule has 1 aromatic carbocycles. The quantitative estimate of drug-likeness (QED) is 0.859. The number of rotatable bonds is 5. The fourth-order valence-corrected chi connectivity index (χ4v) is 2.91. The normalized spacial score (nSPS) is 13.6. The van der Waals surface area contributed by atoms with Crippen LogP contribution < -0.4 is 10.5 Å². The van der Waals surface area contributed by atoms with Crippen LogP contribution in [-0.4, -0.2) is 21.0 Å². The van der Waals surface area contributed by atoms with Gasteiger partial charge in [-0.25, -0.2) is 13.1 Å². The van der Waals surface area contributed by atoms with Crippen molar-refractivity contribution >= 4 is 21.6 Å². The van der Waals surface area contributed by atoms with E-state index in [1.807, 2.05) is 6.92 Å². The SMILES string of the molecule is CCC(N)CNS(=O)(=O)c1cccc(Cl)c1C. The highest BCUT2D eigenvalue weighted by Gasteiger charge is 2.18. The van der Waals surface area contributed by atoms with Crippen molar-refractivity contribution in [3.05, 3.63) is 28.8 Å². The van der Waals surface area contributed by atoms with Crippen LogP contribution in [0.15, 0.2) is 23.1 Å². The van der Waals surface area contributed by atoms with Gasteiger partial charge in [0, 0.05) is 17.6 Å². The van der Waals surface area contributed by atoms with Crippen LogP contribution in [-0.2, 0) is 10.0 Å². The van der Waals surface area contributed by atoms with E-state index in [0.29, 0.717) is 10.6 Å². The van der Waals surface area contributed by atoms with Crippen LogP contribution >= 0.6 is 11.6 Å². The fraction of sp³-hybridized carbons (Fsp3) is 0.455. The van der Waals surface area contributed by atoms with Crippen LogP contribution in [0.3, 0.4) is 0 Å². The molecule has 3 N–H and O–H groups in total. The Morgan fingerprint density at radius 2 is 2.12 bits per heavy atom. The van der Waals surface area contributed by atoms with Gasteiger partial charge in [0.15, 0.2) is 0 Å². The average molecular weight is 277 g/mol. The summed E-state index contributed by atoms with van der Waals surface area (Å²) in [5, 5.41) is 0.438. The van der Waals surface area contributed by atoms with Crippen molar-refractivity contribution in [3.63, 3.8) is 0 Å². The Morgan fingerprint density at radius 1 is 1.47 bits per heavy atom. The molecule has 1 atom stereocenters. The first-order valence-corrected chi connectivity index (χ1v) is 7.25. The molecule has 0 heterocycles. The van der Waals surface area contributed by atoms with Gasteiger partial charge in [-0.15, -0.1) is 0 Å². The molecule has 4 nitrogen and oxygen atoms in total. The summed E-state index contributed by atoms with van der Waals surface area (Å²) in [6.07, 6.45) is 0.719. The number of benzene rings is 1. The highest BCUT2D eigenvalue weighted by Crippen LogP contribution is 2.22. The van der Waals surface area contributed by atoms with E-state index in [4.69, 9.17) is 17.3 Å². The van der Waals surface area contributed by atoms with Crippen LogP contribution in [0.4, 0.5) is 0 Å². The Labute approximate surface area is 107 Å². The van der Waals surface area contributed by atoms with Crippen molar-refractivity contribution < 1.29 is 8.42 Å². The van der Waals surface area contributed by atoms with Gasteiger partial charge < -0.3 is 5.73 Å². The van der Waals surface area contributed by atoms with E-state index in [1.54, 1.807) is 19.1 Å². The van der Waals surface area contributed by atoms with Crippen molar-refractivity contribution in [2.24, 2.45) is 5.73 Å². The van der Waals surface area contributed by atoms with Crippen LogP contribution in [0.25, 0.3) is 0 Å². The third-order valence-corrected chi connectivity index (χ3v) is 4.54. The molecule has 0 fully saturated rings. The molecule has 1 rings (SSSR count). The maximum atomic E-state index is 12.0. The minimum atomic E-state index is -3.53. The summed E-state index contributed by atoms with van der Waals surface area (Å²) in [4.78, 5) is 0.202. The highest BCUT2D eigenvalue weighted by atomic mass is 35.5. The number of nitrogens with two attached hydrogens (primary N) is 1. The summed E-state index contributed by atoms with van der Waals surface area (Å²) < 4.78 is 26.5. The Bertz CT molecular complexity index is 488. The van der Waals surface area contributed by atoms with Gasteiger partial charge in [-0.3, -0.25) is 0 Å². The molecule has 17 heavy (non-hydrogen) atoms. The molecule has 0 aromatic heterocycles. The molecular weight excluding hydrogens is 260 g/mol. The van der Waals surface area contributed by atoms with Crippen LogP contribution in [0.1, 0.15) is 18.9 Å². The van der Waals surface area contributed by atoms with Gasteiger partial charge in [-0.05, 0) is 31.0 Å². The van der Waals surface area contributed by atoms with E-state index >= 15 is 0 Å². The van der Waals surface area contributed by atoms with Crippen LogP contribution in [0.2, 0.25) is 5.02 Å². The smallest absolute Gasteiger partial charge is 0.240 e. The van der Waals surface area contributed by atoms with Gasteiger partial charge >= 0.3 is 0 Å². The average Bonchev–Trinajstić information content (AvgIpc) is 2.29. The second-order valence-electron chi connectivity index (χ2n) is 3.88. The van der Waals surface area contributed by atoms with Crippen LogP contribution in [0.5, 0.6) is 0 Å². The highest BCUT2D eigenvalue weighted by molar-refractivity contribution is 7.89. The lowest BCUT2D eigenvalue weighted by atomic mass is 10.2. The van der Waals surface area contributed by atoms with Gasteiger partial charge in [0.1, 0.15) is 0 Å². The molecule has 0 aliphatic heterocycles. The second kappa shape index (κ2) is 5.82. The molecule has 0 bridgehead atoms. The monoisotopic (exact) mass is 276 g/mol. The molecule has 0 radical (unpaired) electrons. The summed E-state index contributed by atoms with van der Waals surface area (Å²) in [6, 6.07) is 4.63. The maximum absolute atomic E-state index is 12.0. The first kappa shape index (κ1) is 14.4. The third kappa shape index (κ3) is 3.67. The first-order valence-electron chi connectivity index (χ1n) is 5.39. The molecule has 6 heteroatoms. The Kier molecular flexibility index (Phi) is 4.94. The van der Waals surface area contributed by atoms with E-state index < -0.39 is 10.0 Å². The van der Waals surface area contributed by atoms with Gasteiger partial charge in [0.2, 0.25) is 10.0 Å². The van der Waals surface area contributed by atoms with Gasteiger partial charge in [0.05, 0.1) is 4.90 Å². The first-order chi connectivity index (χ1) is 7.88. The Balaban J connectivity index is 2.94. The molecule has 96 valence electrons. The lowest BCUT2D eigenvalue weighted by molar-refractivity contribution is 0.563. The summed E-state index contributed by atoms with van der Waals surface area (Å²) in [7, 11) is -3.53. The van der Waals surface area contributed by atoms with Crippen molar-refractivity contribution in [1.29, 1.82) is 0 Å². The van der Waals surface area contributed by atoms with Gasteiger partial charge in [-0.2, -0.15) is 0 Å². The molecule has 0 saturated carbocycles. The van der Waals surface area contributed by atoms with Crippen LogP contribution in [0, 0.1) is 6.92 Å². The predicted molar refractivity (Wildman–Crippen MR) is 69.6 cm³/mol. The second-order valence-corrected chi connectivity index (χ2v) is 6.03. The van der Waals surface area contributed by atoms with Crippen molar-refractivity contribution in [3.8, 4) is 0 Å².